The van der Waals surface area contributed by atoms with E-state index in [4.69, 9.17) is 5.26 Å². The molecule has 2 rings (SSSR count). The van der Waals surface area contributed by atoms with Crippen molar-refractivity contribution in [1.29, 1.82) is 5.26 Å². The van der Waals surface area contributed by atoms with Crippen molar-refractivity contribution in [2.75, 3.05) is 0 Å². The fourth-order valence-electron chi connectivity index (χ4n) is 2.41. The van der Waals surface area contributed by atoms with E-state index >= 15 is 0 Å². The molecule has 0 amide bonds. The van der Waals surface area contributed by atoms with Gasteiger partial charge >= 0.3 is 0 Å². The van der Waals surface area contributed by atoms with E-state index in [9.17, 15) is 0 Å². The molecule has 0 spiro atoms. The SMILES string of the molecule is N#CCC(C1CCCC1)n1ccc(Br)n1. The average molecular weight is 268 g/mol. The molecule has 0 aromatic carbocycles. The summed E-state index contributed by atoms with van der Waals surface area (Å²) in [6, 6.07) is 4.47. The fourth-order valence-corrected chi connectivity index (χ4v) is 2.71. The van der Waals surface area contributed by atoms with Crippen molar-refractivity contribution in [1.82, 2.24) is 9.78 Å². The lowest BCUT2D eigenvalue weighted by Crippen LogP contribution is -2.17. The predicted octanol–water partition coefficient (Wildman–Crippen LogP) is 3.29. The largest absolute Gasteiger partial charge is 0.267 e. The van der Waals surface area contributed by atoms with Crippen LogP contribution in [0.2, 0.25) is 0 Å². The van der Waals surface area contributed by atoms with Crippen LogP contribution in [0.3, 0.4) is 0 Å². The highest BCUT2D eigenvalue weighted by molar-refractivity contribution is 9.10. The lowest BCUT2D eigenvalue weighted by atomic mass is 9.96. The van der Waals surface area contributed by atoms with Gasteiger partial charge in [-0.2, -0.15) is 10.4 Å². The van der Waals surface area contributed by atoms with E-state index in [1.54, 1.807) is 0 Å². The smallest absolute Gasteiger partial charge is 0.128 e. The van der Waals surface area contributed by atoms with Crippen LogP contribution in [-0.2, 0) is 0 Å². The first-order chi connectivity index (χ1) is 7.31. The van der Waals surface area contributed by atoms with Gasteiger partial charge in [-0.25, -0.2) is 0 Å². The second kappa shape index (κ2) is 4.80. The van der Waals surface area contributed by atoms with E-state index in [0.29, 0.717) is 12.3 Å². The number of hydrogen-bond acceptors (Lipinski definition) is 2. The van der Waals surface area contributed by atoms with Gasteiger partial charge in [-0.05, 0) is 40.8 Å². The van der Waals surface area contributed by atoms with Crippen molar-refractivity contribution in [3.63, 3.8) is 0 Å². The Labute approximate surface area is 98.2 Å². The predicted molar refractivity (Wildman–Crippen MR) is 61.2 cm³/mol. The standard InChI is InChI=1S/C11H14BrN3/c12-11-6-8-15(14-11)10(5-7-13)9-3-1-2-4-9/h6,8-10H,1-5H2. The molecule has 1 saturated carbocycles. The van der Waals surface area contributed by atoms with Crippen LogP contribution in [0.1, 0.15) is 38.1 Å². The van der Waals surface area contributed by atoms with E-state index in [0.717, 1.165) is 4.60 Å². The van der Waals surface area contributed by atoms with Gasteiger partial charge in [-0.15, -0.1) is 0 Å². The van der Waals surface area contributed by atoms with Crippen molar-refractivity contribution in [3.8, 4) is 6.07 Å². The molecular formula is C11H14BrN3. The number of aromatic nitrogens is 2. The highest BCUT2D eigenvalue weighted by Crippen LogP contribution is 2.35. The minimum Gasteiger partial charge on any atom is -0.267 e. The van der Waals surface area contributed by atoms with Gasteiger partial charge < -0.3 is 0 Å². The molecule has 4 heteroatoms. The third-order valence-electron chi connectivity index (χ3n) is 3.16. The van der Waals surface area contributed by atoms with Crippen molar-refractivity contribution in [2.45, 2.75) is 38.1 Å². The molecule has 1 atom stereocenters. The Morgan fingerprint density at radius 2 is 2.33 bits per heavy atom. The molecule has 1 aromatic heterocycles. The first kappa shape index (κ1) is 10.7. The maximum absolute atomic E-state index is 8.86. The zero-order valence-electron chi connectivity index (χ0n) is 8.56. The number of nitriles is 1. The Morgan fingerprint density at radius 3 is 2.87 bits per heavy atom. The molecule has 1 heterocycles. The van der Waals surface area contributed by atoms with E-state index < -0.39 is 0 Å². The number of hydrogen-bond donors (Lipinski definition) is 0. The summed E-state index contributed by atoms with van der Waals surface area (Å²) in [6.45, 7) is 0. The second-order valence-corrected chi connectivity index (χ2v) is 4.91. The van der Waals surface area contributed by atoms with Crippen molar-refractivity contribution >= 4 is 15.9 Å². The van der Waals surface area contributed by atoms with E-state index in [1.165, 1.54) is 25.7 Å². The molecule has 1 aromatic rings. The highest BCUT2D eigenvalue weighted by Gasteiger charge is 2.26. The van der Waals surface area contributed by atoms with E-state index in [-0.39, 0.29) is 6.04 Å². The van der Waals surface area contributed by atoms with Crippen molar-refractivity contribution in [3.05, 3.63) is 16.9 Å². The summed E-state index contributed by atoms with van der Waals surface area (Å²) in [4.78, 5) is 0. The van der Waals surface area contributed by atoms with Gasteiger partial charge in [0.2, 0.25) is 0 Å². The third-order valence-corrected chi connectivity index (χ3v) is 3.58. The van der Waals surface area contributed by atoms with Crippen LogP contribution in [-0.4, -0.2) is 9.78 Å². The summed E-state index contributed by atoms with van der Waals surface area (Å²) >= 11 is 3.35. The average Bonchev–Trinajstić information content (AvgIpc) is 2.85. The Balaban J connectivity index is 2.15. The maximum Gasteiger partial charge on any atom is 0.128 e. The van der Waals surface area contributed by atoms with Gasteiger partial charge in [-0.3, -0.25) is 4.68 Å². The molecule has 1 unspecified atom stereocenters. The minimum absolute atomic E-state index is 0.267. The van der Waals surface area contributed by atoms with Crippen LogP contribution in [0, 0.1) is 17.2 Å². The lowest BCUT2D eigenvalue weighted by Gasteiger charge is -2.21. The van der Waals surface area contributed by atoms with Crippen molar-refractivity contribution < 1.29 is 0 Å². The number of nitrogens with zero attached hydrogens (tertiary/aromatic N) is 3. The van der Waals surface area contributed by atoms with E-state index in [1.807, 2.05) is 16.9 Å². The third kappa shape index (κ3) is 2.40. The van der Waals surface area contributed by atoms with Crippen LogP contribution < -0.4 is 0 Å². The van der Waals surface area contributed by atoms with E-state index in [2.05, 4.69) is 27.1 Å². The summed E-state index contributed by atoms with van der Waals surface area (Å²) in [5.74, 6) is 0.636. The Morgan fingerprint density at radius 1 is 1.60 bits per heavy atom. The second-order valence-electron chi connectivity index (χ2n) is 4.09. The lowest BCUT2D eigenvalue weighted by molar-refractivity contribution is 0.314. The molecule has 80 valence electrons. The van der Waals surface area contributed by atoms with Crippen molar-refractivity contribution in [2.24, 2.45) is 5.92 Å². The summed E-state index contributed by atoms with van der Waals surface area (Å²) in [5, 5.41) is 13.2. The first-order valence-electron chi connectivity index (χ1n) is 5.39. The van der Waals surface area contributed by atoms with Gasteiger partial charge in [0, 0.05) is 6.20 Å². The molecule has 1 fully saturated rings. The fraction of sp³-hybridized carbons (Fsp3) is 0.636. The Hall–Kier alpha value is -0.820. The highest BCUT2D eigenvalue weighted by atomic mass is 79.9. The van der Waals surface area contributed by atoms with Crippen LogP contribution in [0.25, 0.3) is 0 Å². The van der Waals surface area contributed by atoms with Gasteiger partial charge in [0.05, 0.1) is 18.5 Å². The first-order valence-corrected chi connectivity index (χ1v) is 6.18. The molecule has 0 aliphatic heterocycles. The molecule has 3 nitrogen and oxygen atoms in total. The van der Waals surface area contributed by atoms with Crippen LogP contribution in [0.4, 0.5) is 0 Å². The minimum atomic E-state index is 0.267. The maximum atomic E-state index is 8.86. The molecule has 15 heavy (non-hydrogen) atoms. The number of rotatable bonds is 3. The zero-order valence-corrected chi connectivity index (χ0v) is 10.2. The molecule has 0 N–H and O–H groups in total. The monoisotopic (exact) mass is 267 g/mol. The van der Waals surface area contributed by atoms with Gasteiger partial charge in [-0.1, -0.05) is 12.8 Å². The molecule has 1 aliphatic carbocycles. The van der Waals surface area contributed by atoms with Gasteiger partial charge in [0.15, 0.2) is 0 Å². The summed E-state index contributed by atoms with van der Waals surface area (Å²) in [5.41, 5.74) is 0. The molecule has 1 aliphatic rings. The number of halogens is 1. The van der Waals surface area contributed by atoms with Crippen LogP contribution in [0.5, 0.6) is 0 Å². The molecule has 0 bridgehead atoms. The molecule has 0 saturated heterocycles. The van der Waals surface area contributed by atoms with Gasteiger partial charge in [0.1, 0.15) is 4.60 Å². The topological polar surface area (TPSA) is 41.6 Å². The van der Waals surface area contributed by atoms with Crippen LogP contribution >= 0.6 is 15.9 Å². The normalized spacial score (nSPS) is 18.9. The zero-order chi connectivity index (χ0) is 10.7. The summed E-state index contributed by atoms with van der Waals surface area (Å²) in [6.07, 6.45) is 7.61. The summed E-state index contributed by atoms with van der Waals surface area (Å²) in [7, 11) is 0. The Bertz CT molecular complexity index is 360. The summed E-state index contributed by atoms with van der Waals surface area (Å²) < 4.78 is 2.80. The quantitative estimate of drug-likeness (QED) is 0.844. The molecular weight excluding hydrogens is 254 g/mol. The van der Waals surface area contributed by atoms with Crippen LogP contribution in [0.15, 0.2) is 16.9 Å². The van der Waals surface area contributed by atoms with Gasteiger partial charge in [0.25, 0.3) is 0 Å². The molecule has 0 radical (unpaired) electrons. The Kier molecular flexibility index (Phi) is 3.42.